The molecule has 0 radical (unpaired) electrons. The average Bonchev–Trinajstić information content (AvgIpc) is 2.62. The van der Waals surface area contributed by atoms with Gasteiger partial charge < -0.3 is 0 Å². The first-order chi connectivity index (χ1) is 8.31. The number of hydrogen-bond acceptors (Lipinski definition) is 3. The first-order valence-corrected chi connectivity index (χ1v) is 7.69. The summed E-state index contributed by atoms with van der Waals surface area (Å²) in [6, 6.07) is 2.55. The third-order valence-corrected chi connectivity index (χ3v) is 5.10. The summed E-state index contributed by atoms with van der Waals surface area (Å²) in [6.45, 7) is 2.18. The zero-order valence-corrected chi connectivity index (χ0v) is 11.6. The molecule has 3 heteroatoms. The van der Waals surface area contributed by atoms with E-state index in [0.29, 0.717) is 6.04 Å². The van der Waals surface area contributed by atoms with Gasteiger partial charge in [0.15, 0.2) is 0 Å². The molecule has 0 spiro atoms. The van der Waals surface area contributed by atoms with Crippen LogP contribution in [0.1, 0.15) is 61.4 Å². The van der Waals surface area contributed by atoms with E-state index in [2.05, 4.69) is 23.8 Å². The van der Waals surface area contributed by atoms with Gasteiger partial charge in [0.1, 0.15) is 0 Å². The van der Waals surface area contributed by atoms with E-state index >= 15 is 0 Å². The van der Waals surface area contributed by atoms with Crippen LogP contribution in [0, 0.1) is 12.8 Å². The summed E-state index contributed by atoms with van der Waals surface area (Å²) >= 11 is 1.83. The first-order valence-electron chi connectivity index (χ1n) is 6.81. The number of nitrogens with two attached hydrogens (primary N) is 1. The molecule has 0 bridgehead atoms. The molecule has 1 atom stereocenters. The van der Waals surface area contributed by atoms with Crippen molar-refractivity contribution in [3.8, 4) is 0 Å². The monoisotopic (exact) mass is 252 g/mol. The molecule has 0 aliphatic heterocycles. The lowest BCUT2D eigenvalue weighted by atomic mass is 9.91. The maximum atomic E-state index is 5.75. The van der Waals surface area contributed by atoms with Gasteiger partial charge in [-0.1, -0.05) is 38.5 Å². The zero-order valence-electron chi connectivity index (χ0n) is 10.7. The highest BCUT2D eigenvalue weighted by molar-refractivity contribution is 7.10. The normalized spacial score (nSPS) is 20.1. The average molecular weight is 252 g/mol. The minimum Gasteiger partial charge on any atom is -0.271 e. The lowest BCUT2D eigenvalue weighted by molar-refractivity contribution is 0.361. The van der Waals surface area contributed by atoms with Crippen LogP contribution in [0.15, 0.2) is 11.4 Å². The highest BCUT2D eigenvalue weighted by Gasteiger charge is 2.20. The summed E-state index contributed by atoms with van der Waals surface area (Å²) in [5, 5.41) is 2.17. The largest absolute Gasteiger partial charge is 0.271 e. The molecule has 2 rings (SSSR count). The Bertz CT molecular complexity index is 327. The molecule has 2 nitrogen and oxygen atoms in total. The number of hydrazine groups is 1. The third kappa shape index (κ3) is 3.54. The van der Waals surface area contributed by atoms with E-state index in [-0.39, 0.29) is 0 Å². The second kappa shape index (κ2) is 6.53. The second-order valence-electron chi connectivity index (χ2n) is 5.28. The summed E-state index contributed by atoms with van der Waals surface area (Å²) < 4.78 is 0. The van der Waals surface area contributed by atoms with Gasteiger partial charge >= 0.3 is 0 Å². The molecule has 1 fully saturated rings. The third-order valence-electron chi connectivity index (χ3n) is 3.96. The predicted octanol–water partition coefficient (Wildman–Crippen LogP) is 3.92. The molecule has 0 amide bonds. The van der Waals surface area contributed by atoms with Gasteiger partial charge in [0, 0.05) is 4.88 Å². The smallest absolute Gasteiger partial charge is 0.0558 e. The van der Waals surface area contributed by atoms with E-state index in [1.807, 2.05) is 11.3 Å². The van der Waals surface area contributed by atoms with E-state index in [0.717, 1.165) is 5.92 Å². The Morgan fingerprint density at radius 3 is 2.59 bits per heavy atom. The Morgan fingerprint density at radius 1 is 1.35 bits per heavy atom. The quantitative estimate of drug-likeness (QED) is 0.484. The van der Waals surface area contributed by atoms with E-state index in [1.54, 1.807) is 0 Å². The van der Waals surface area contributed by atoms with Gasteiger partial charge in [-0.3, -0.25) is 11.3 Å². The molecule has 1 aromatic heterocycles. The second-order valence-corrected chi connectivity index (χ2v) is 6.23. The zero-order chi connectivity index (χ0) is 12.1. The number of nitrogens with one attached hydrogen (secondary N) is 1. The van der Waals surface area contributed by atoms with Gasteiger partial charge in [-0.2, -0.15) is 0 Å². The van der Waals surface area contributed by atoms with Gasteiger partial charge in [0.05, 0.1) is 6.04 Å². The lowest BCUT2D eigenvalue weighted by Crippen LogP contribution is -2.29. The summed E-state index contributed by atoms with van der Waals surface area (Å²) in [4.78, 5) is 1.43. The van der Waals surface area contributed by atoms with Crippen molar-refractivity contribution in [3.63, 3.8) is 0 Å². The van der Waals surface area contributed by atoms with E-state index in [1.165, 1.54) is 55.4 Å². The van der Waals surface area contributed by atoms with Crippen molar-refractivity contribution in [2.24, 2.45) is 11.8 Å². The summed E-state index contributed by atoms with van der Waals surface area (Å²) in [5.74, 6) is 6.61. The number of hydrogen-bond donors (Lipinski definition) is 2. The maximum Gasteiger partial charge on any atom is 0.0558 e. The van der Waals surface area contributed by atoms with Crippen molar-refractivity contribution >= 4 is 11.3 Å². The van der Waals surface area contributed by atoms with Crippen LogP contribution in [0.2, 0.25) is 0 Å². The van der Waals surface area contributed by atoms with Crippen molar-refractivity contribution in [1.82, 2.24) is 5.43 Å². The van der Waals surface area contributed by atoms with Crippen molar-refractivity contribution in [2.45, 2.75) is 57.9 Å². The molecule has 0 saturated heterocycles. The molecule has 0 aromatic carbocycles. The topological polar surface area (TPSA) is 38.0 Å². The molecule has 1 heterocycles. The standard InChI is InChI=1S/C14H24N2S/c1-11-8-9-17-14(11)13(16-15)10-12-6-4-2-3-5-7-12/h8-9,12-13,16H,2-7,10,15H2,1H3. The Balaban J connectivity index is 1.97. The Kier molecular flexibility index (Phi) is 5.01. The molecule has 1 aromatic rings. The number of aryl methyl sites for hydroxylation is 1. The minimum atomic E-state index is 0.359. The van der Waals surface area contributed by atoms with Crippen LogP contribution in [0.5, 0.6) is 0 Å². The molecule has 1 aliphatic carbocycles. The highest BCUT2D eigenvalue weighted by atomic mass is 32.1. The number of rotatable bonds is 4. The van der Waals surface area contributed by atoms with Crippen molar-refractivity contribution in [3.05, 3.63) is 21.9 Å². The van der Waals surface area contributed by atoms with Crippen LogP contribution < -0.4 is 11.3 Å². The van der Waals surface area contributed by atoms with Gasteiger partial charge in [-0.05, 0) is 36.3 Å². The minimum absolute atomic E-state index is 0.359. The van der Waals surface area contributed by atoms with E-state index in [4.69, 9.17) is 5.84 Å². The first kappa shape index (κ1) is 13.1. The van der Waals surface area contributed by atoms with Gasteiger partial charge in [-0.15, -0.1) is 11.3 Å². The fourth-order valence-electron chi connectivity index (χ4n) is 2.93. The van der Waals surface area contributed by atoms with Gasteiger partial charge in [0.25, 0.3) is 0 Å². The van der Waals surface area contributed by atoms with Crippen LogP contribution in [0.4, 0.5) is 0 Å². The fourth-order valence-corrected chi connectivity index (χ4v) is 3.93. The molecule has 3 N–H and O–H groups in total. The van der Waals surface area contributed by atoms with Crippen LogP contribution in [-0.2, 0) is 0 Å². The van der Waals surface area contributed by atoms with Crippen LogP contribution >= 0.6 is 11.3 Å². The van der Waals surface area contributed by atoms with Crippen molar-refractivity contribution < 1.29 is 0 Å². The molecular formula is C14H24N2S. The maximum absolute atomic E-state index is 5.75. The Labute approximate surface area is 109 Å². The molecular weight excluding hydrogens is 228 g/mol. The van der Waals surface area contributed by atoms with Crippen LogP contribution in [0.3, 0.4) is 0 Å². The molecule has 1 aliphatic rings. The molecule has 1 unspecified atom stereocenters. The highest BCUT2D eigenvalue weighted by Crippen LogP contribution is 2.33. The predicted molar refractivity (Wildman–Crippen MR) is 74.9 cm³/mol. The van der Waals surface area contributed by atoms with Crippen molar-refractivity contribution in [2.75, 3.05) is 0 Å². The Hall–Kier alpha value is -0.380. The fraction of sp³-hybridized carbons (Fsp3) is 0.714. The molecule has 96 valence electrons. The Morgan fingerprint density at radius 2 is 2.06 bits per heavy atom. The van der Waals surface area contributed by atoms with Gasteiger partial charge in [0.2, 0.25) is 0 Å². The summed E-state index contributed by atoms with van der Waals surface area (Å²) in [5.41, 5.74) is 4.40. The SMILES string of the molecule is Cc1ccsc1C(CC1CCCCCC1)NN. The van der Waals surface area contributed by atoms with E-state index in [9.17, 15) is 0 Å². The van der Waals surface area contributed by atoms with Crippen LogP contribution in [0.25, 0.3) is 0 Å². The van der Waals surface area contributed by atoms with Gasteiger partial charge in [-0.25, -0.2) is 0 Å². The summed E-state index contributed by atoms with van der Waals surface area (Å²) in [6.07, 6.45) is 9.66. The van der Waals surface area contributed by atoms with Crippen LogP contribution in [-0.4, -0.2) is 0 Å². The van der Waals surface area contributed by atoms with E-state index < -0.39 is 0 Å². The number of thiophene rings is 1. The van der Waals surface area contributed by atoms with Crippen molar-refractivity contribution in [1.29, 1.82) is 0 Å². The molecule has 17 heavy (non-hydrogen) atoms. The summed E-state index contributed by atoms with van der Waals surface area (Å²) in [7, 11) is 0. The molecule has 1 saturated carbocycles. The lowest BCUT2D eigenvalue weighted by Gasteiger charge is -2.21.